The number of nitrogens with zero attached hydrogens (tertiary/aromatic N) is 3. The van der Waals surface area contributed by atoms with Crippen molar-refractivity contribution in [3.8, 4) is 0 Å². The van der Waals surface area contributed by atoms with Crippen LogP contribution in [-0.4, -0.2) is 19.9 Å². The highest BCUT2D eigenvalue weighted by molar-refractivity contribution is 7.99. The summed E-state index contributed by atoms with van der Waals surface area (Å²) < 4.78 is 0. The third-order valence-electron chi connectivity index (χ3n) is 1.89. The molecule has 2 rings (SSSR count). The van der Waals surface area contributed by atoms with Crippen LogP contribution in [0.1, 0.15) is 12.7 Å². The minimum atomic E-state index is 0.612. The van der Waals surface area contributed by atoms with Gasteiger partial charge in [-0.1, -0.05) is 6.92 Å². The molecule has 0 atom stereocenters. The summed E-state index contributed by atoms with van der Waals surface area (Å²) in [6.45, 7) is 2.00. The van der Waals surface area contributed by atoms with Gasteiger partial charge in [-0.05, 0) is 11.8 Å². The molecule has 0 amide bonds. The number of aromatic amines is 1. The minimum absolute atomic E-state index is 0.612. The van der Waals surface area contributed by atoms with Crippen molar-refractivity contribution in [1.82, 2.24) is 19.9 Å². The number of hydrogen-bond donors (Lipinski definition) is 3. The fraction of sp³-hybridized carbons (Fsp3) is 0.222. The Bertz CT molecular complexity index is 433. The van der Waals surface area contributed by atoms with Gasteiger partial charge in [0.15, 0.2) is 5.16 Å². The molecule has 0 spiro atoms. The molecule has 16 heavy (non-hydrogen) atoms. The van der Waals surface area contributed by atoms with Gasteiger partial charge in [0, 0.05) is 24.9 Å². The topological polar surface area (TPSA) is 92.5 Å². The molecule has 0 saturated heterocycles. The molecule has 2 heterocycles. The minimum Gasteiger partial charge on any atom is -0.339 e. The molecule has 0 aliphatic carbocycles. The molecule has 7 heteroatoms. The van der Waals surface area contributed by atoms with E-state index in [4.69, 9.17) is 5.84 Å². The second-order valence-electron chi connectivity index (χ2n) is 3.00. The summed E-state index contributed by atoms with van der Waals surface area (Å²) in [7, 11) is 0. The molecular formula is C9H12N6S. The van der Waals surface area contributed by atoms with E-state index in [1.807, 2.05) is 6.92 Å². The lowest BCUT2D eigenvalue weighted by molar-refractivity contribution is 0.885. The molecule has 0 aliphatic rings. The third-order valence-corrected chi connectivity index (χ3v) is 2.72. The van der Waals surface area contributed by atoms with E-state index < -0.39 is 0 Å². The number of hydrogen-bond acceptors (Lipinski definition) is 6. The van der Waals surface area contributed by atoms with Crippen LogP contribution in [0.4, 0.5) is 5.82 Å². The van der Waals surface area contributed by atoms with E-state index in [-0.39, 0.29) is 0 Å². The van der Waals surface area contributed by atoms with E-state index in [0.717, 1.165) is 22.4 Å². The van der Waals surface area contributed by atoms with Gasteiger partial charge in [0.25, 0.3) is 0 Å². The van der Waals surface area contributed by atoms with Gasteiger partial charge in [0.05, 0.1) is 0 Å². The molecule has 0 aliphatic heterocycles. The van der Waals surface area contributed by atoms with Crippen molar-refractivity contribution in [3.63, 3.8) is 0 Å². The SMILES string of the molecule is CCc1nc(NN)cc(Sc2ncc[nH]2)n1. The number of rotatable bonds is 4. The van der Waals surface area contributed by atoms with Gasteiger partial charge in [-0.15, -0.1) is 0 Å². The second kappa shape index (κ2) is 4.95. The normalized spacial score (nSPS) is 10.4. The van der Waals surface area contributed by atoms with Gasteiger partial charge in [-0.25, -0.2) is 20.8 Å². The molecule has 0 fully saturated rings. The van der Waals surface area contributed by atoms with Crippen LogP contribution < -0.4 is 11.3 Å². The number of hydrazine groups is 1. The van der Waals surface area contributed by atoms with Gasteiger partial charge in [0.1, 0.15) is 16.7 Å². The maximum atomic E-state index is 5.34. The first-order chi connectivity index (χ1) is 7.81. The number of imidazole rings is 1. The number of nitrogens with one attached hydrogen (secondary N) is 2. The fourth-order valence-corrected chi connectivity index (χ4v) is 1.92. The first kappa shape index (κ1) is 10.9. The Labute approximate surface area is 97.1 Å². The van der Waals surface area contributed by atoms with Crippen molar-refractivity contribution in [3.05, 3.63) is 24.3 Å². The Morgan fingerprint density at radius 2 is 2.38 bits per heavy atom. The summed E-state index contributed by atoms with van der Waals surface area (Å²) in [4.78, 5) is 15.7. The van der Waals surface area contributed by atoms with Gasteiger partial charge >= 0.3 is 0 Å². The standard InChI is InChI=1S/C9H12N6S/c1-2-6-13-7(15-10)5-8(14-6)16-9-11-3-4-12-9/h3-5H,2,10H2,1H3,(H,11,12)(H,13,14,15). The molecule has 0 aromatic carbocycles. The third kappa shape index (κ3) is 2.50. The van der Waals surface area contributed by atoms with Crippen molar-refractivity contribution >= 4 is 17.6 Å². The molecule has 0 unspecified atom stereocenters. The molecule has 84 valence electrons. The first-order valence-corrected chi connectivity index (χ1v) is 5.65. The van der Waals surface area contributed by atoms with Crippen LogP contribution in [0.2, 0.25) is 0 Å². The summed E-state index contributed by atoms with van der Waals surface area (Å²) >= 11 is 1.44. The van der Waals surface area contributed by atoms with Crippen molar-refractivity contribution in [2.75, 3.05) is 5.43 Å². The highest BCUT2D eigenvalue weighted by Gasteiger charge is 2.05. The van der Waals surface area contributed by atoms with Crippen LogP contribution in [0.15, 0.2) is 28.6 Å². The Balaban J connectivity index is 2.26. The molecule has 2 aromatic rings. The van der Waals surface area contributed by atoms with Gasteiger partial charge in [0.2, 0.25) is 0 Å². The first-order valence-electron chi connectivity index (χ1n) is 4.83. The highest BCUT2D eigenvalue weighted by atomic mass is 32.2. The second-order valence-corrected chi connectivity index (χ2v) is 4.01. The Kier molecular flexibility index (Phi) is 3.37. The predicted octanol–water partition coefficient (Wildman–Crippen LogP) is 1.20. The molecule has 4 N–H and O–H groups in total. The van der Waals surface area contributed by atoms with Crippen LogP contribution in [0.25, 0.3) is 0 Å². The van der Waals surface area contributed by atoms with Gasteiger partial charge < -0.3 is 10.4 Å². The van der Waals surface area contributed by atoms with Gasteiger partial charge in [-0.3, -0.25) is 0 Å². The molecule has 6 nitrogen and oxygen atoms in total. The van der Waals surface area contributed by atoms with Crippen LogP contribution in [0.3, 0.4) is 0 Å². The molecule has 0 saturated carbocycles. The zero-order chi connectivity index (χ0) is 11.4. The molecular weight excluding hydrogens is 224 g/mol. The van der Waals surface area contributed by atoms with E-state index in [1.165, 1.54) is 11.8 Å². The maximum absolute atomic E-state index is 5.34. The number of H-pyrrole nitrogens is 1. The summed E-state index contributed by atoms with van der Waals surface area (Å²) in [5.41, 5.74) is 2.53. The van der Waals surface area contributed by atoms with Crippen molar-refractivity contribution in [2.45, 2.75) is 23.5 Å². The van der Waals surface area contributed by atoms with Gasteiger partial charge in [-0.2, -0.15) is 0 Å². The number of nitrogens with two attached hydrogens (primary N) is 1. The maximum Gasteiger partial charge on any atom is 0.171 e. The smallest absolute Gasteiger partial charge is 0.171 e. The van der Waals surface area contributed by atoms with Crippen molar-refractivity contribution in [1.29, 1.82) is 0 Å². The number of nitrogen functional groups attached to an aromatic ring is 1. The average molecular weight is 236 g/mol. The van der Waals surface area contributed by atoms with Crippen molar-refractivity contribution in [2.24, 2.45) is 5.84 Å². The van der Waals surface area contributed by atoms with Crippen LogP contribution >= 0.6 is 11.8 Å². The predicted molar refractivity (Wildman–Crippen MR) is 61.9 cm³/mol. The largest absolute Gasteiger partial charge is 0.339 e. The fourth-order valence-electron chi connectivity index (χ4n) is 1.16. The van der Waals surface area contributed by atoms with Crippen LogP contribution in [0, 0.1) is 0 Å². The lowest BCUT2D eigenvalue weighted by Gasteiger charge is -2.04. The molecule has 2 aromatic heterocycles. The summed E-state index contributed by atoms with van der Waals surface area (Å²) in [5.74, 6) is 6.71. The number of aryl methyl sites for hydroxylation is 1. The number of anilines is 1. The number of aromatic nitrogens is 4. The van der Waals surface area contributed by atoms with E-state index in [9.17, 15) is 0 Å². The Hall–Kier alpha value is -1.60. The van der Waals surface area contributed by atoms with E-state index in [1.54, 1.807) is 18.5 Å². The summed E-state index contributed by atoms with van der Waals surface area (Å²) in [6, 6.07) is 1.78. The van der Waals surface area contributed by atoms with Crippen LogP contribution in [-0.2, 0) is 6.42 Å². The monoisotopic (exact) mass is 236 g/mol. The Morgan fingerprint density at radius 1 is 1.50 bits per heavy atom. The zero-order valence-corrected chi connectivity index (χ0v) is 9.58. The highest BCUT2D eigenvalue weighted by Crippen LogP contribution is 2.24. The summed E-state index contributed by atoms with van der Waals surface area (Å²) in [5, 5.41) is 1.61. The zero-order valence-electron chi connectivity index (χ0n) is 8.77. The lowest BCUT2D eigenvalue weighted by Crippen LogP contribution is -2.10. The lowest BCUT2D eigenvalue weighted by atomic mass is 10.4. The van der Waals surface area contributed by atoms with E-state index in [0.29, 0.717) is 5.82 Å². The van der Waals surface area contributed by atoms with E-state index in [2.05, 4.69) is 25.4 Å². The summed E-state index contributed by atoms with van der Waals surface area (Å²) in [6.07, 6.45) is 4.24. The quantitative estimate of drug-likeness (QED) is 0.419. The van der Waals surface area contributed by atoms with Crippen LogP contribution in [0.5, 0.6) is 0 Å². The average Bonchev–Trinajstić information content (AvgIpc) is 2.81. The molecule has 0 bridgehead atoms. The molecule has 0 radical (unpaired) electrons. The van der Waals surface area contributed by atoms with E-state index >= 15 is 0 Å². The Morgan fingerprint density at radius 3 is 3.00 bits per heavy atom. The van der Waals surface area contributed by atoms with Crippen molar-refractivity contribution < 1.29 is 0 Å².